The third kappa shape index (κ3) is 7.60. The first kappa shape index (κ1) is 39.2. The molecule has 0 amide bonds. The second kappa shape index (κ2) is 16.0. The van der Waals surface area contributed by atoms with Gasteiger partial charge < -0.3 is 13.8 Å². The second-order valence-electron chi connectivity index (χ2n) is 12.9. The lowest BCUT2D eigenvalue weighted by atomic mass is 9.87. The number of ketones is 1. The van der Waals surface area contributed by atoms with E-state index in [4.69, 9.17) is 37.0 Å². The van der Waals surface area contributed by atoms with Crippen molar-refractivity contribution >= 4 is 29.0 Å². The maximum Gasteiger partial charge on any atom is 0.200 e. The fraction of sp³-hybridized carbons (Fsp3) is 0.0465. The highest BCUT2D eigenvalue weighted by Crippen LogP contribution is 2.52. The first-order valence-corrected chi connectivity index (χ1v) is 18.0. The summed E-state index contributed by atoms with van der Waals surface area (Å²) in [6.07, 6.45) is 5.99. The lowest BCUT2D eigenvalue weighted by Gasteiger charge is -2.14. The van der Waals surface area contributed by atoms with Gasteiger partial charge in [-0.3, -0.25) is 14.8 Å². The number of epoxide rings is 1. The van der Waals surface area contributed by atoms with E-state index in [1.165, 1.54) is 48.8 Å². The largest absolute Gasteiger partial charge is 0.359 e. The molecule has 5 heterocycles. The molecule has 8 aromatic rings. The summed E-state index contributed by atoms with van der Waals surface area (Å²) in [6, 6.07) is 20.4. The summed E-state index contributed by atoms with van der Waals surface area (Å²) in [6.45, 7) is 0.234. The number of nitrogens with zero attached hydrogens (tertiary/aromatic N) is 4. The monoisotopic (exact) mass is 842 g/mol. The molecule has 59 heavy (non-hydrogen) atoms. The highest BCUT2D eigenvalue weighted by Gasteiger charge is 2.54. The lowest BCUT2D eigenvalue weighted by Crippen LogP contribution is -2.13. The second-order valence-corrected chi connectivity index (χ2v) is 13.8. The topological polar surface area (TPSA) is 107 Å². The molecule has 1 saturated heterocycles. The number of halogens is 8. The molecule has 4 aromatic heterocycles. The smallest absolute Gasteiger partial charge is 0.200 e. The van der Waals surface area contributed by atoms with Crippen molar-refractivity contribution in [3.63, 3.8) is 0 Å². The van der Waals surface area contributed by atoms with Crippen LogP contribution in [0.1, 0.15) is 27.0 Å². The van der Waals surface area contributed by atoms with Crippen LogP contribution in [0.5, 0.6) is 0 Å². The molecule has 1 atom stereocenters. The number of benzene rings is 4. The number of rotatable bonds is 8. The van der Waals surface area contributed by atoms with E-state index in [-0.39, 0.29) is 72.9 Å². The van der Waals surface area contributed by atoms with E-state index in [0.717, 1.165) is 36.4 Å². The Bertz CT molecular complexity index is 2730. The molecule has 1 fully saturated rings. The van der Waals surface area contributed by atoms with Gasteiger partial charge in [-0.2, -0.15) is 0 Å². The molecule has 9 rings (SSSR count). The van der Waals surface area contributed by atoms with Crippen molar-refractivity contribution in [1.29, 1.82) is 0 Å². The van der Waals surface area contributed by atoms with Crippen molar-refractivity contribution in [3.05, 3.63) is 189 Å². The molecule has 294 valence electrons. The molecular formula is C43H22Cl2F6N4O4. The predicted molar refractivity (Wildman–Crippen MR) is 203 cm³/mol. The van der Waals surface area contributed by atoms with Gasteiger partial charge in [-0.15, -0.1) is 0 Å². The van der Waals surface area contributed by atoms with Crippen LogP contribution in [0.3, 0.4) is 0 Å². The Labute approximate surface area is 339 Å². The Kier molecular flexibility index (Phi) is 10.6. The highest BCUT2D eigenvalue weighted by molar-refractivity contribution is 6.31. The van der Waals surface area contributed by atoms with E-state index in [0.29, 0.717) is 17.2 Å². The fourth-order valence-corrected chi connectivity index (χ4v) is 6.70. The molecular weight excluding hydrogens is 821 g/mol. The van der Waals surface area contributed by atoms with E-state index >= 15 is 0 Å². The van der Waals surface area contributed by atoms with Gasteiger partial charge in [-0.1, -0.05) is 39.6 Å². The Balaban J connectivity index is 0.000000164. The van der Waals surface area contributed by atoms with Gasteiger partial charge in [0.05, 0.1) is 28.9 Å². The average molecular weight is 844 g/mol. The minimum atomic E-state index is -1.05. The third-order valence-corrected chi connectivity index (χ3v) is 9.69. The van der Waals surface area contributed by atoms with Crippen LogP contribution in [0.15, 0.2) is 131 Å². The number of aromatic nitrogens is 4. The van der Waals surface area contributed by atoms with Crippen molar-refractivity contribution in [2.24, 2.45) is 0 Å². The van der Waals surface area contributed by atoms with E-state index in [1.807, 2.05) is 0 Å². The molecule has 1 aliphatic heterocycles. The fourth-order valence-electron chi connectivity index (χ4n) is 6.38. The summed E-state index contributed by atoms with van der Waals surface area (Å²) in [5.74, 6) is -5.51. The number of ether oxygens (including phenoxy) is 1. The van der Waals surface area contributed by atoms with Crippen molar-refractivity contribution in [2.45, 2.75) is 5.60 Å². The van der Waals surface area contributed by atoms with Gasteiger partial charge in [0.2, 0.25) is 5.78 Å². The molecule has 16 heteroatoms. The number of hydrogen-bond donors (Lipinski definition) is 0. The number of hydrogen-bond acceptors (Lipinski definition) is 8. The summed E-state index contributed by atoms with van der Waals surface area (Å²) >= 11 is 11.7. The van der Waals surface area contributed by atoms with Crippen molar-refractivity contribution in [1.82, 2.24) is 20.3 Å². The zero-order valence-electron chi connectivity index (χ0n) is 29.7. The Morgan fingerprint density at radius 3 is 1.63 bits per heavy atom. The summed E-state index contributed by atoms with van der Waals surface area (Å²) in [7, 11) is 0. The molecule has 1 unspecified atom stereocenters. The SMILES string of the molecule is Fc1ccc(-c2onc(-c3ccc(Cl)cc3F)c2C2(c3cccnc3)CO2)c(F)c1.O=C(c1cccnc1)c1c(-c2ccc(Cl)cc2F)noc1-c1ccc(F)cc1F. The maximum absolute atomic E-state index is 14.7. The lowest BCUT2D eigenvalue weighted by molar-refractivity contribution is 0.103. The van der Waals surface area contributed by atoms with Crippen LogP contribution in [-0.4, -0.2) is 32.7 Å². The maximum atomic E-state index is 14.7. The first-order chi connectivity index (χ1) is 28.4. The summed E-state index contributed by atoms with van der Waals surface area (Å²) in [5, 5.41) is 8.20. The van der Waals surface area contributed by atoms with Crippen molar-refractivity contribution in [3.8, 4) is 45.2 Å². The third-order valence-electron chi connectivity index (χ3n) is 9.22. The van der Waals surface area contributed by atoms with Crippen molar-refractivity contribution in [2.75, 3.05) is 6.61 Å². The summed E-state index contributed by atoms with van der Waals surface area (Å²) < 4.78 is 102. The van der Waals surface area contributed by atoms with Crippen LogP contribution in [0, 0.1) is 34.9 Å². The van der Waals surface area contributed by atoms with Gasteiger partial charge in [0.25, 0.3) is 0 Å². The van der Waals surface area contributed by atoms with Gasteiger partial charge in [0, 0.05) is 69.2 Å². The van der Waals surface area contributed by atoms with Gasteiger partial charge >= 0.3 is 0 Å². The van der Waals surface area contributed by atoms with Crippen LogP contribution in [-0.2, 0) is 10.3 Å². The van der Waals surface area contributed by atoms with E-state index in [9.17, 15) is 31.1 Å². The van der Waals surface area contributed by atoms with Gasteiger partial charge in [-0.05, 0) is 78.9 Å². The van der Waals surface area contributed by atoms with E-state index in [1.54, 1.807) is 30.6 Å². The van der Waals surface area contributed by atoms with Crippen LogP contribution in [0.25, 0.3) is 45.2 Å². The Morgan fingerprint density at radius 2 is 1.10 bits per heavy atom. The van der Waals surface area contributed by atoms with Crippen LogP contribution >= 0.6 is 23.2 Å². The first-order valence-electron chi connectivity index (χ1n) is 17.3. The number of carbonyl (C=O) groups excluding carboxylic acids is 1. The molecule has 0 radical (unpaired) electrons. The van der Waals surface area contributed by atoms with Crippen LogP contribution in [0.2, 0.25) is 10.0 Å². The van der Waals surface area contributed by atoms with Gasteiger partial charge in [0.15, 0.2) is 11.5 Å². The molecule has 0 N–H and O–H groups in total. The highest BCUT2D eigenvalue weighted by atomic mass is 35.5. The molecule has 4 aromatic carbocycles. The standard InChI is InChI=1S/C22H12ClF3N2O2.C21H10ClF3N2O2/c23-13-3-5-15(17(25)8-13)20-19(22(11-29-22)12-2-1-7-27-10-12)21(30-28-20)16-6-4-14(24)9-18(16)26;22-12-3-5-14(16(24)8-12)19-18(20(28)11-2-1-7-26-10-11)21(29-27-19)15-6-4-13(23)9-17(15)25/h1-10H,11H2;1-10H. The zero-order chi connectivity index (χ0) is 41.4. The minimum absolute atomic E-state index is 0.0155. The van der Waals surface area contributed by atoms with Crippen molar-refractivity contribution < 1.29 is 44.9 Å². The minimum Gasteiger partial charge on any atom is -0.359 e. The van der Waals surface area contributed by atoms with Gasteiger partial charge in [0.1, 0.15) is 51.9 Å². The molecule has 0 saturated carbocycles. The Morgan fingerprint density at radius 1 is 0.593 bits per heavy atom. The quantitative estimate of drug-likeness (QED) is 0.0845. The number of carbonyl (C=O) groups is 1. The van der Waals surface area contributed by atoms with E-state index < -0.39 is 46.3 Å². The molecule has 0 spiro atoms. The summed E-state index contributed by atoms with van der Waals surface area (Å²) in [4.78, 5) is 21.2. The molecule has 1 aliphatic rings. The summed E-state index contributed by atoms with van der Waals surface area (Å²) in [5.41, 5.74) is -0.188. The molecule has 0 bridgehead atoms. The normalized spacial score (nSPS) is 14.4. The van der Waals surface area contributed by atoms with Gasteiger partial charge in [-0.25, -0.2) is 26.3 Å². The molecule has 0 aliphatic carbocycles. The average Bonchev–Trinajstić information content (AvgIpc) is 3.72. The Hall–Kier alpha value is -6.61. The zero-order valence-corrected chi connectivity index (χ0v) is 31.2. The molecule has 8 nitrogen and oxygen atoms in total. The predicted octanol–water partition coefficient (Wildman–Crippen LogP) is 11.5. The van der Waals surface area contributed by atoms with Crippen LogP contribution in [0.4, 0.5) is 26.3 Å². The van der Waals surface area contributed by atoms with E-state index in [2.05, 4.69) is 20.3 Å². The van der Waals surface area contributed by atoms with Crippen LogP contribution < -0.4 is 0 Å². The number of pyridine rings is 2.